The third kappa shape index (κ3) is 4.95. The third-order valence-corrected chi connectivity index (χ3v) is 2.76. The minimum atomic E-state index is -1.17. The molecule has 2 rings (SSSR count). The number of benzene rings is 1. The van der Waals surface area contributed by atoms with Crippen LogP contribution in [0, 0.1) is 5.82 Å². The summed E-state index contributed by atoms with van der Waals surface area (Å²) in [5.74, 6) is -1.76. The van der Waals surface area contributed by atoms with Gasteiger partial charge in [-0.05, 0) is 30.3 Å². The second kappa shape index (κ2) is 7.21. The highest BCUT2D eigenvalue weighted by Gasteiger charge is 2.07. The maximum Gasteiger partial charge on any atom is 0.323 e. The van der Waals surface area contributed by atoms with Crippen LogP contribution in [0.15, 0.2) is 47.4 Å². The molecule has 0 fully saturated rings. The second-order valence-electron chi connectivity index (χ2n) is 4.57. The van der Waals surface area contributed by atoms with Crippen LogP contribution in [0.25, 0.3) is 0 Å². The van der Waals surface area contributed by atoms with Crippen LogP contribution < -0.4 is 15.6 Å². The molecule has 0 aliphatic carbocycles. The summed E-state index contributed by atoms with van der Waals surface area (Å²) in [7, 11) is 0. The summed E-state index contributed by atoms with van der Waals surface area (Å²) >= 11 is 0. The Morgan fingerprint density at radius 3 is 2.52 bits per heavy atom. The number of aromatic nitrogens is 1. The topological polar surface area (TPSA) is 97.6 Å². The maximum atomic E-state index is 12.7. The minimum Gasteiger partial charge on any atom is -0.484 e. The molecule has 0 aliphatic heterocycles. The number of carbonyl (C=O) groups is 2. The van der Waals surface area contributed by atoms with Crippen molar-refractivity contribution in [3.8, 4) is 5.75 Å². The number of nitrogens with zero attached hydrogens (tertiary/aromatic N) is 1. The number of ether oxygens (including phenoxy) is 1. The van der Waals surface area contributed by atoms with Crippen LogP contribution in [0.1, 0.15) is 0 Å². The predicted molar refractivity (Wildman–Crippen MR) is 78.9 cm³/mol. The smallest absolute Gasteiger partial charge is 0.323 e. The average molecular weight is 320 g/mol. The van der Waals surface area contributed by atoms with E-state index in [9.17, 15) is 18.8 Å². The van der Waals surface area contributed by atoms with Gasteiger partial charge in [0.25, 0.3) is 11.5 Å². The van der Waals surface area contributed by atoms with Crippen molar-refractivity contribution in [3.05, 3.63) is 58.8 Å². The number of amides is 1. The monoisotopic (exact) mass is 320 g/mol. The lowest BCUT2D eigenvalue weighted by atomic mass is 10.3. The van der Waals surface area contributed by atoms with Gasteiger partial charge in [0, 0.05) is 12.3 Å². The molecule has 0 saturated heterocycles. The zero-order valence-corrected chi connectivity index (χ0v) is 11.9. The van der Waals surface area contributed by atoms with Gasteiger partial charge < -0.3 is 19.7 Å². The summed E-state index contributed by atoms with van der Waals surface area (Å²) in [6.45, 7) is -0.821. The van der Waals surface area contributed by atoms with Gasteiger partial charge in [-0.15, -0.1) is 0 Å². The Hall–Kier alpha value is -3.16. The van der Waals surface area contributed by atoms with Gasteiger partial charge in [0.2, 0.25) is 0 Å². The molecule has 1 amide bonds. The quantitative estimate of drug-likeness (QED) is 0.830. The molecule has 8 heteroatoms. The average Bonchev–Trinajstić information content (AvgIpc) is 2.49. The SMILES string of the molecule is O=C(O)Cn1cc(NC(=O)COc2ccc(F)cc2)ccc1=O. The lowest BCUT2D eigenvalue weighted by molar-refractivity contribution is -0.137. The summed E-state index contributed by atoms with van der Waals surface area (Å²) < 4.78 is 18.9. The molecule has 2 aromatic rings. The fourth-order valence-electron chi connectivity index (χ4n) is 1.75. The standard InChI is InChI=1S/C15H13FN2O5/c16-10-1-4-12(5-2-10)23-9-13(19)17-11-3-6-14(20)18(7-11)8-15(21)22/h1-7H,8-9H2,(H,17,19)(H,21,22). The Kier molecular flexibility index (Phi) is 5.08. The van der Waals surface area contributed by atoms with Crippen molar-refractivity contribution >= 4 is 17.6 Å². The lowest BCUT2D eigenvalue weighted by Crippen LogP contribution is -2.25. The largest absolute Gasteiger partial charge is 0.484 e. The summed E-state index contributed by atoms with van der Waals surface area (Å²) in [5.41, 5.74) is -0.230. The van der Waals surface area contributed by atoms with Gasteiger partial charge in [0.15, 0.2) is 6.61 Å². The molecule has 1 heterocycles. The molecule has 0 bridgehead atoms. The first-order valence-corrected chi connectivity index (χ1v) is 6.54. The molecule has 0 spiro atoms. The van der Waals surface area contributed by atoms with E-state index in [0.29, 0.717) is 5.75 Å². The van der Waals surface area contributed by atoms with Crippen molar-refractivity contribution in [1.82, 2.24) is 4.57 Å². The molecule has 1 aromatic heterocycles. The number of carboxylic acid groups (broad SMARTS) is 1. The number of aliphatic carboxylic acids is 1. The Morgan fingerprint density at radius 1 is 1.17 bits per heavy atom. The second-order valence-corrected chi connectivity index (χ2v) is 4.57. The van der Waals surface area contributed by atoms with Gasteiger partial charge in [0.1, 0.15) is 18.1 Å². The lowest BCUT2D eigenvalue weighted by Gasteiger charge is -2.09. The molecule has 0 radical (unpaired) electrons. The minimum absolute atomic E-state index is 0.263. The van der Waals surface area contributed by atoms with Crippen LogP contribution in [0.5, 0.6) is 5.75 Å². The molecule has 2 N–H and O–H groups in total. The van der Waals surface area contributed by atoms with E-state index in [2.05, 4.69) is 5.32 Å². The first kappa shape index (κ1) is 16.2. The van der Waals surface area contributed by atoms with Gasteiger partial charge in [-0.1, -0.05) is 0 Å². The summed E-state index contributed by atoms with van der Waals surface area (Å²) in [5, 5.41) is 11.2. The van der Waals surface area contributed by atoms with Gasteiger partial charge in [-0.3, -0.25) is 14.4 Å². The zero-order valence-electron chi connectivity index (χ0n) is 11.9. The number of pyridine rings is 1. The highest BCUT2D eigenvalue weighted by atomic mass is 19.1. The normalized spacial score (nSPS) is 10.1. The van der Waals surface area contributed by atoms with Gasteiger partial charge in [-0.25, -0.2) is 4.39 Å². The van der Waals surface area contributed by atoms with E-state index < -0.39 is 29.8 Å². The fraction of sp³-hybridized carbons (Fsp3) is 0.133. The number of hydrogen-bond donors (Lipinski definition) is 2. The number of carbonyl (C=O) groups excluding carboxylic acids is 1. The number of hydrogen-bond acceptors (Lipinski definition) is 4. The van der Waals surface area contributed by atoms with Gasteiger partial charge in [-0.2, -0.15) is 0 Å². The summed E-state index contributed by atoms with van der Waals surface area (Å²) in [4.78, 5) is 33.9. The Bertz CT molecular complexity index is 770. The van der Waals surface area contributed by atoms with E-state index in [4.69, 9.17) is 9.84 Å². The van der Waals surface area contributed by atoms with E-state index in [1.54, 1.807) is 0 Å². The van der Waals surface area contributed by atoms with Crippen molar-refractivity contribution in [3.63, 3.8) is 0 Å². The number of nitrogens with one attached hydrogen (secondary N) is 1. The highest BCUT2D eigenvalue weighted by Crippen LogP contribution is 2.11. The maximum absolute atomic E-state index is 12.7. The van der Waals surface area contributed by atoms with Crippen LogP contribution in [-0.2, 0) is 16.1 Å². The van der Waals surface area contributed by atoms with E-state index in [1.165, 1.54) is 36.5 Å². The van der Waals surface area contributed by atoms with Crippen LogP contribution in [-0.4, -0.2) is 28.2 Å². The number of carboxylic acids is 1. The van der Waals surface area contributed by atoms with Gasteiger partial charge >= 0.3 is 5.97 Å². The van der Waals surface area contributed by atoms with Crippen molar-refractivity contribution in [2.75, 3.05) is 11.9 Å². The van der Waals surface area contributed by atoms with Gasteiger partial charge in [0.05, 0.1) is 5.69 Å². The zero-order chi connectivity index (χ0) is 16.8. The predicted octanol–water partition coefficient (Wildman–Crippen LogP) is 1.09. The van der Waals surface area contributed by atoms with E-state index in [1.807, 2.05) is 0 Å². The molecule has 1 aromatic carbocycles. The molecule has 0 aliphatic rings. The molecule has 0 atom stereocenters. The van der Waals surface area contributed by atoms with Crippen LogP contribution in [0.4, 0.5) is 10.1 Å². The van der Waals surface area contributed by atoms with Crippen molar-refractivity contribution in [2.24, 2.45) is 0 Å². The molecule has 23 heavy (non-hydrogen) atoms. The molecular formula is C15H13FN2O5. The van der Waals surface area contributed by atoms with E-state index >= 15 is 0 Å². The van der Waals surface area contributed by atoms with Crippen LogP contribution >= 0.6 is 0 Å². The Morgan fingerprint density at radius 2 is 1.87 bits per heavy atom. The molecule has 7 nitrogen and oxygen atoms in total. The molecule has 0 saturated carbocycles. The van der Waals surface area contributed by atoms with Crippen molar-refractivity contribution in [2.45, 2.75) is 6.54 Å². The summed E-state index contributed by atoms with van der Waals surface area (Å²) in [6, 6.07) is 7.69. The fourth-order valence-corrected chi connectivity index (χ4v) is 1.75. The van der Waals surface area contributed by atoms with E-state index in [-0.39, 0.29) is 12.3 Å². The summed E-state index contributed by atoms with van der Waals surface area (Å²) in [6.07, 6.45) is 1.23. The molecule has 0 unspecified atom stereocenters. The third-order valence-electron chi connectivity index (χ3n) is 2.76. The Labute approximate surface area is 129 Å². The first-order valence-electron chi connectivity index (χ1n) is 6.54. The number of anilines is 1. The molecular weight excluding hydrogens is 307 g/mol. The first-order chi connectivity index (χ1) is 10.9. The highest BCUT2D eigenvalue weighted by molar-refractivity contribution is 5.91. The number of rotatable bonds is 6. The van der Waals surface area contributed by atoms with Crippen LogP contribution in [0.3, 0.4) is 0 Å². The van der Waals surface area contributed by atoms with Crippen molar-refractivity contribution in [1.29, 1.82) is 0 Å². The number of halogens is 1. The molecule has 120 valence electrons. The Balaban J connectivity index is 1.95. The van der Waals surface area contributed by atoms with Crippen molar-refractivity contribution < 1.29 is 23.8 Å². The van der Waals surface area contributed by atoms with E-state index in [0.717, 1.165) is 10.6 Å². The van der Waals surface area contributed by atoms with Crippen LogP contribution in [0.2, 0.25) is 0 Å².